The number of nitrogens with two attached hydrogens (primary N) is 1. The Morgan fingerprint density at radius 3 is 2.37 bits per heavy atom. The number of hydrogen-bond acceptors (Lipinski definition) is 3. The molecule has 0 aliphatic heterocycles. The molecule has 0 aliphatic carbocycles. The van der Waals surface area contributed by atoms with Crippen LogP contribution in [0.2, 0.25) is 0 Å². The molecule has 0 fully saturated rings. The molecular weight excluding hydrogens is 244 g/mol. The molecule has 104 valence electrons. The quantitative estimate of drug-likeness (QED) is 0.722. The first kappa shape index (κ1) is 15.2. The fraction of sp³-hybridized carbons (Fsp3) is 0.429. The Kier molecular flexibility index (Phi) is 5.06. The van der Waals surface area contributed by atoms with E-state index in [-0.39, 0.29) is 12.5 Å². The summed E-state index contributed by atoms with van der Waals surface area (Å²) in [7, 11) is 0. The van der Waals surface area contributed by atoms with Gasteiger partial charge in [0.05, 0.1) is 5.41 Å². The molecule has 0 saturated carbocycles. The highest BCUT2D eigenvalue weighted by atomic mass is 16.4. The summed E-state index contributed by atoms with van der Waals surface area (Å²) in [5.74, 6) is -1.43. The molecule has 1 unspecified atom stereocenters. The molecule has 5 heteroatoms. The Morgan fingerprint density at radius 1 is 1.37 bits per heavy atom. The number of carbonyl (C=O) groups excluding carboxylic acids is 1. The highest BCUT2D eigenvalue weighted by Gasteiger charge is 2.33. The first-order valence-electron chi connectivity index (χ1n) is 6.23. The Balaban J connectivity index is 2.93. The Hall–Kier alpha value is -1.88. The zero-order valence-electron chi connectivity index (χ0n) is 11.2. The Morgan fingerprint density at radius 2 is 1.95 bits per heavy atom. The van der Waals surface area contributed by atoms with E-state index >= 15 is 0 Å². The molecule has 0 saturated heterocycles. The van der Waals surface area contributed by atoms with Crippen LogP contribution >= 0.6 is 0 Å². The molecule has 1 amide bonds. The van der Waals surface area contributed by atoms with Gasteiger partial charge in [0, 0.05) is 6.54 Å². The number of carboxylic acids is 1. The first-order valence-corrected chi connectivity index (χ1v) is 6.23. The summed E-state index contributed by atoms with van der Waals surface area (Å²) in [5, 5.41) is 11.8. The third kappa shape index (κ3) is 3.54. The van der Waals surface area contributed by atoms with Crippen molar-refractivity contribution in [3.63, 3.8) is 0 Å². The van der Waals surface area contributed by atoms with Crippen LogP contribution in [0.3, 0.4) is 0 Å². The molecule has 0 spiro atoms. The molecule has 5 nitrogen and oxygen atoms in total. The van der Waals surface area contributed by atoms with E-state index in [1.54, 1.807) is 37.3 Å². The molecule has 0 heterocycles. The SMILES string of the molecule is CCC(C)(CN)C(=O)N[C@@H](C(=O)O)c1ccccc1. The van der Waals surface area contributed by atoms with Crippen LogP contribution in [0, 0.1) is 5.41 Å². The lowest BCUT2D eigenvalue weighted by molar-refractivity contribution is -0.143. The molecule has 1 aromatic carbocycles. The average Bonchev–Trinajstić information content (AvgIpc) is 2.44. The summed E-state index contributed by atoms with van der Waals surface area (Å²) < 4.78 is 0. The monoisotopic (exact) mass is 264 g/mol. The summed E-state index contributed by atoms with van der Waals surface area (Å²) in [6.45, 7) is 3.76. The maximum absolute atomic E-state index is 12.2. The number of aliphatic carboxylic acids is 1. The molecule has 0 aromatic heterocycles. The first-order chi connectivity index (χ1) is 8.94. The van der Waals surface area contributed by atoms with Gasteiger partial charge in [0.15, 0.2) is 6.04 Å². The lowest BCUT2D eigenvalue weighted by Gasteiger charge is -2.27. The second-order valence-corrected chi connectivity index (χ2v) is 4.77. The lowest BCUT2D eigenvalue weighted by atomic mass is 9.86. The molecular formula is C14H20N2O3. The number of carbonyl (C=O) groups is 2. The molecule has 0 bridgehead atoms. The minimum atomic E-state index is -1.09. The Bertz CT molecular complexity index is 441. The van der Waals surface area contributed by atoms with Crippen LogP contribution in [0.25, 0.3) is 0 Å². The lowest BCUT2D eigenvalue weighted by Crippen LogP contribution is -2.46. The normalized spacial score (nSPS) is 15.3. The van der Waals surface area contributed by atoms with Crippen molar-refractivity contribution in [1.82, 2.24) is 5.32 Å². The second-order valence-electron chi connectivity index (χ2n) is 4.77. The van der Waals surface area contributed by atoms with E-state index < -0.39 is 17.4 Å². The summed E-state index contributed by atoms with van der Waals surface area (Å²) in [6, 6.07) is 7.56. The second kappa shape index (κ2) is 6.33. The van der Waals surface area contributed by atoms with Crippen LogP contribution in [-0.4, -0.2) is 23.5 Å². The van der Waals surface area contributed by atoms with E-state index in [2.05, 4.69) is 5.32 Å². The maximum atomic E-state index is 12.2. The number of benzene rings is 1. The van der Waals surface area contributed by atoms with Gasteiger partial charge in [-0.25, -0.2) is 4.79 Å². The number of carboxylic acid groups (broad SMARTS) is 1. The number of amides is 1. The van der Waals surface area contributed by atoms with Crippen LogP contribution in [0.15, 0.2) is 30.3 Å². The molecule has 4 N–H and O–H groups in total. The van der Waals surface area contributed by atoms with Crippen molar-refractivity contribution in [3.8, 4) is 0 Å². The van der Waals surface area contributed by atoms with Crippen LogP contribution in [0.1, 0.15) is 31.9 Å². The van der Waals surface area contributed by atoms with Crippen LogP contribution < -0.4 is 11.1 Å². The molecule has 2 atom stereocenters. The highest BCUT2D eigenvalue weighted by Crippen LogP contribution is 2.22. The molecule has 0 radical (unpaired) electrons. The van der Waals surface area contributed by atoms with Crippen molar-refractivity contribution in [2.75, 3.05) is 6.54 Å². The molecule has 1 rings (SSSR count). The van der Waals surface area contributed by atoms with Crippen molar-refractivity contribution in [2.24, 2.45) is 11.1 Å². The van der Waals surface area contributed by atoms with Crippen molar-refractivity contribution in [3.05, 3.63) is 35.9 Å². The van der Waals surface area contributed by atoms with E-state index in [0.717, 1.165) is 0 Å². The van der Waals surface area contributed by atoms with Gasteiger partial charge in [-0.15, -0.1) is 0 Å². The third-order valence-electron chi connectivity index (χ3n) is 3.43. The van der Waals surface area contributed by atoms with Gasteiger partial charge in [0.1, 0.15) is 0 Å². The minimum Gasteiger partial charge on any atom is -0.479 e. The van der Waals surface area contributed by atoms with Gasteiger partial charge in [-0.3, -0.25) is 4.79 Å². The minimum absolute atomic E-state index is 0.177. The third-order valence-corrected chi connectivity index (χ3v) is 3.43. The fourth-order valence-electron chi connectivity index (χ4n) is 1.64. The maximum Gasteiger partial charge on any atom is 0.330 e. The molecule has 0 aliphatic rings. The predicted molar refractivity (Wildman–Crippen MR) is 72.4 cm³/mol. The van der Waals surface area contributed by atoms with E-state index in [1.165, 1.54) is 0 Å². The number of rotatable bonds is 6. The van der Waals surface area contributed by atoms with E-state index in [1.807, 2.05) is 6.92 Å². The van der Waals surface area contributed by atoms with Crippen molar-refractivity contribution in [2.45, 2.75) is 26.3 Å². The standard InChI is InChI=1S/C14H20N2O3/c1-3-14(2,9-15)13(19)16-11(12(17)18)10-7-5-4-6-8-10/h4-8,11H,3,9,15H2,1-2H3,(H,16,19)(H,17,18)/t11-,14?/m1/s1. The van der Waals surface area contributed by atoms with Gasteiger partial charge in [0.2, 0.25) is 5.91 Å². The van der Waals surface area contributed by atoms with Gasteiger partial charge >= 0.3 is 5.97 Å². The van der Waals surface area contributed by atoms with E-state index in [0.29, 0.717) is 12.0 Å². The van der Waals surface area contributed by atoms with Gasteiger partial charge in [-0.05, 0) is 18.9 Å². The van der Waals surface area contributed by atoms with Crippen molar-refractivity contribution >= 4 is 11.9 Å². The highest BCUT2D eigenvalue weighted by molar-refractivity contribution is 5.88. The van der Waals surface area contributed by atoms with Gasteiger partial charge in [-0.1, -0.05) is 37.3 Å². The van der Waals surface area contributed by atoms with Gasteiger partial charge in [0.25, 0.3) is 0 Å². The van der Waals surface area contributed by atoms with Gasteiger partial charge < -0.3 is 16.2 Å². The van der Waals surface area contributed by atoms with E-state index in [4.69, 9.17) is 5.73 Å². The molecule has 1 aromatic rings. The predicted octanol–water partition coefficient (Wildman–Crippen LogP) is 1.30. The van der Waals surface area contributed by atoms with Crippen LogP contribution in [0.4, 0.5) is 0 Å². The van der Waals surface area contributed by atoms with E-state index in [9.17, 15) is 14.7 Å². The number of nitrogens with one attached hydrogen (secondary N) is 1. The summed E-state index contributed by atoms with van der Waals surface area (Å²) in [5.41, 5.74) is 5.39. The van der Waals surface area contributed by atoms with Gasteiger partial charge in [-0.2, -0.15) is 0 Å². The number of hydrogen-bond donors (Lipinski definition) is 3. The van der Waals surface area contributed by atoms with Crippen molar-refractivity contribution < 1.29 is 14.7 Å². The Labute approximate surface area is 112 Å². The van der Waals surface area contributed by atoms with Crippen molar-refractivity contribution in [1.29, 1.82) is 0 Å². The average molecular weight is 264 g/mol. The van der Waals surface area contributed by atoms with Crippen LogP contribution in [-0.2, 0) is 9.59 Å². The molecule has 19 heavy (non-hydrogen) atoms. The zero-order chi connectivity index (χ0) is 14.5. The summed E-state index contributed by atoms with van der Waals surface area (Å²) in [4.78, 5) is 23.5. The summed E-state index contributed by atoms with van der Waals surface area (Å²) in [6.07, 6.45) is 0.552. The van der Waals surface area contributed by atoms with Crippen LogP contribution in [0.5, 0.6) is 0 Å². The zero-order valence-corrected chi connectivity index (χ0v) is 11.2. The summed E-state index contributed by atoms with van der Waals surface area (Å²) >= 11 is 0. The smallest absolute Gasteiger partial charge is 0.330 e. The topological polar surface area (TPSA) is 92.4 Å². The fourth-order valence-corrected chi connectivity index (χ4v) is 1.64. The largest absolute Gasteiger partial charge is 0.479 e.